The fraction of sp³-hybridized carbons (Fsp3) is 0.789. The third-order valence-electron chi connectivity index (χ3n) is 5.64. The lowest BCUT2D eigenvalue weighted by molar-refractivity contribution is 0.483. The number of hydrogen-bond donors (Lipinski definition) is 0. The van der Waals surface area contributed by atoms with Crippen LogP contribution in [0.15, 0.2) is 24.3 Å². The first-order chi connectivity index (χ1) is 9.93. The van der Waals surface area contributed by atoms with Crippen LogP contribution in [0, 0.1) is 5.92 Å². The zero-order valence-corrected chi connectivity index (χ0v) is 13.9. The van der Waals surface area contributed by atoms with Crippen molar-refractivity contribution in [2.45, 2.75) is 81.9 Å². The van der Waals surface area contributed by atoms with Crippen LogP contribution >= 0.6 is 7.92 Å². The highest BCUT2D eigenvalue weighted by atomic mass is 31.1. The molecule has 0 aromatic carbocycles. The fourth-order valence-corrected chi connectivity index (χ4v) is 8.44. The predicted molar refractivity (Wildman–Crippen MR) is 91.9 cm³/mol. The predicted octanol–water partition coefficient (Wildman–Crippen LogP) is 6.27. The molecule has 0 aromatic rings. The SMILES string of the molecule is C1=CC(CCP(C2CCCCC2)C2CCCCC2)C=C1. The van der Waals surface area contributed by atoms with Gasteiger partial charge in [0.15, 0.2) is 0 Å². The maximum atomic E-state index is 2.41. The Labute approximate surface area is 126 Å². The van der Waals surface area contributed by atoms with Gasteiger partial charge in [-0.1, -0.05) is 62.8 Å². The maximum Gasteiger partial charge on any atom is -0.00439 e. The molecule has 3 aliphatic rings. The molecule has 0 N–H and O–H groups in total. The molecule has 1 heteroatoms. The van der Waals surface area contributed by atoms with Gasteiger partial charge in [-0.25, -0.2) is 0 Å². The molecule has 0 aliphatic heterocycles. The summed E-state index contributed by atoms with van der Waals surface area (Å²) < 4.78 is 0. The van der Waals surface area contributed by atoms with E-state index in [0.29, 0.717) is 7.92 Å². The highest BCUT2D eigenvalue weighted by Crippen LogP contribution is 2.56. The molecule has 2 fully saturated rings. The van der Waals surface area contributed by atoms with Crippen LogP contribution in [0.25, 0.3) is 0 Å². The molecule has 0 atom stereocenters. The van der Waals surface area contributed by atoms with Crippen molar-refractivity contribution >= 4 is 7.92 Å². The first kappa shape index (κ1) is 14.8. The summed E-state index contributed by atoms with van der Waals surface area (Å²) in [6.07, 6.45) is 27.7. The van der Waals surface area contributed by atoms with Crippen molar-refractivity contribution in [1.29, 1.82) is 0 Å². The van der Waals surface area contributed by atoms with Gasteiger partial charge in [-0.3, -0.25) is 0 Å². The van der Waals surface area contributed by atoms with E-state index in [9.17, 15) is 0 Å². The highest BCUT2D eigenvalue weighted by molar-refractivity contribution is 7.59. The summed E-state index contributed by atoms with van der Waals surface area (Å²) in [5.74, 6) is 0.771. The smallest absolute Gasteiger partial charge is 0.00439 e. The van der Waals surface area contributed by atoms with Gasteiger partial charge in [0.25, 0.3) is 0 Å². The Morgan fingerprint density at radius 1 is 0.700 bits per heavy atom. The van der Waals surface area contributed by atoms with Crippen molar-refractivity contribution in [3.05, 3.63) is 24.3 Å². The Morgan fingerprint density at radius 3 is 1.70 bits per heavy atom. The molecule has 0 amide bonds. The zero-order chi connectivity index (χ0) is 13.6. The largest absolute Gasteiger partial charge is 0.100 e. The van der Waals surface area contributed by atoms with Crippen LogP contribution in [0.4, 0.5) is 0 Å². The summed E-state index contributed by atoms with van der Waals surface area (Å²) >= 11 is 0. The van der Waals surface area contributed by atoms with Gasteiger partial charge in [-0.15, -0.1) is 7.92 Å². The van der Waals surface area contributed by atoms with Gasteiger partial charge in [0.2, 0.25) is 0 Å². The molecule has 2 saturated carbocycles. The van der Waals surface area contributed by atoms with Gasteiger partial charge < -0.3 is 0 Å². The molecule has 0 radical (unpaired) electrons. The van der Waals surface area contributed by atoms with Gasteiger partial charge in [-0.2, -0.15) is 0 Å². The van der Waals surface area contributed by atoms with Crippen LogP contribution < -0.4 is 0 Å². The Morgan fingerprint density at radius 2 is 1.20 bits per heavy atom. The maximum absolute atomic E-state index is 2.41. The van der Waals surface area contributed by atoms with Gasteiger partial charge >= 0.3 is 0 Å². The van der Waals surface area contributed by atoms with E-state index in [1.807, 2.05) is 0 Å². The minimum Gasteiger partial charge on any atom is -0.100 e. The molecule has 3 aliphatic carbocycles. The van der Waals surface area contributed by atoms with E-state index in [1.165, 1.54) is 44.9 Å². The summed E-state index contributed by atoms with van der Waals surface area (Å²) in [6, 6.07) is 0. The van der Waals surface area contributed by atoms with E-state index in [-0.39, 0.29) is 0 Å². The van der Waals surface area contributed by atoms with Crippen LogP contribution in [-0.2, 0) is 0 Å². The Balaban J connectivity index is 1.58. The molecular formula is C19H31P. The first-order valence-corrected chi connectivity index (χ1v) is 10.7. The fourth-order valence-electron chi connectivity index (χ4n) is 4.46. The Kier molecular flexibility index (Phi) is 5.77. The zero-order valence-electron chi connectivity index (χ0n) is 13.0. The van der Waals surface area contributed by atoms with Crippen molar-refractivity contribution in [3.8, 4) is 0 Å². The molecule has 3 rings (SSSR count). The minimum atomic E-state index is 0.319. The van der Waals surface area contributed by atoms with Crippen LogP contribution in [0.5, 0.6) is 0 Å². The molecular weight excluding hydrogens is 259 g/mol. The third-order valence-corrected chi connectivity index (χ3v) is 9.32. The average Bonchev–Trinajstić information content (AvgIpc) is 3.03. The molecule has 0 spiro atoms. The van der Waals surface area contributed by atoms with Crippen molar-refractivity contribution in [2.24, 2.45) is 5.92 Å². The summed E-state index contributed by atoms with van der Waals surface area (Å²) in [7, 11) is 0.319. The quantitative estimate of drug-likeness (QED) is 0.524. The Hall–Kier alpha value is -0.0900. The lowest BCUT2D eigenvalue weighted by Gasteiger charge is -2.39. The normalized spacial score (nSPS) is 25.9. The molecule has 0 heterocycles. The van der Waals surface area contributed by atoms with Crippen LogP contribution in [0.1, 0.15) is 70.6 Å². The monoisotopic (exact) mass is 290 g/mol. The van der Waals surface area contributed by atoms with Crippen molar-refractivity contribution in [3.63, 3.8) is 0 Å². The number of allylic oxidation sites excluding steroid dienone is 4. The van der Waals surface area contributed by atoms with E-state index in [0.717, 1.165) is 17.2 Å². The summed E-state index contributed by atoms with van der Waals surface area (Å²) in [4.78, 5) is 0. The van der Waals surface area contributed by atoms with Gasteiger partial charge in [-0.05, 0) is 55.5 Å². The van der Waals surface area contributed by atoms with Gasteiger partial charge in [0, 0.05) is 0 Å². The second kappa shape index (κ2) is 7.79. The van der Waals surface area contributed by atoms with Crippen LogP contribution in [0.2, 0.25) is 0 Å². The van der Waals surface area contributed by atoms with Crippen molar-refractivity contribution < 1.29 is 0 Å². The first-order valence-electron chi connectivity index (χ1n) is 9.04. The lowest BCUT2D eigenvalue weighted by Crippen LogP contribution is -2.22. The molecule has 0 unspecified atom stereocenters. The third kappa shape index (κ3) is 3.97. The number of rotatable bonds is 5. The molecule has 0 bridgehead atoms. The van der Waals surface area contributed by atoms with Crippen molar-refractivity contribution in [2.75, 3.05) is 6.16 Å². The van der Waals surface area contributed by atoms with E-state index in [4.69, 9.17) is 0 Å². The molecule has 112 valence electrons. The van der Waals surface area contributed by atoms with E-state index < -0.39 is 0 Å². The Bertz CT molecular complexity index is 302. The average molecular weight is 290 g/mol. The van der Waals surface area contributed by atoms with E-state index >= 15 is 0 Å². The summed E-state index contributed by atoms with van der Waals surface area (Å²) in [6.45, 7) is 0. The second-order valence-electron chi connectivity index (χ2n) is 7.04. The highest BCUT2D eigenvalue weighted by Gasteiger charge is 2.30. The van der Waals surface area contributed by atoms with E-state index in [2.05, 4.69) is 24.3 Å². The van der Waals surface area contributed by atoms with Gasteiger partial charge in [0.05, 0.1) is 0 Å². The van der Waals surface area contributed by atoms with Crippen LogP contribution in [-0.4, -0.2) is 17.5 Å². The van der Waals surface area contributed by atoms with Gasteiger partial charge in [0.1, 0.15) is 0 Å². The topological polar surface area (TPSA) is 0 Å². The molecule has 0 nitrogen and oxygen atoms in total. The summed E-state index contributed by atoms with van der Waals surface area (Å²) in [5, 5.41) is 0. The molecule has 0 aromatic heterocycles. The van der Waals surface area contributed by atoms with E-state index in [1.54, 1.807) is 31.8 Å². The summed E-state index contributed by atoms with van der Waals surface area (Å²) in [5.41, 5.74) is 2.27. The van der Waals surface area contributed by atoms with Crippen LogP contribution in [0.3, 0.4) is 0 Å². The number of hydrogen-bond acceptors (Lipinski definition) is 0. The second-order valence-corrected chi connectivity index (χ2v) is 9.98. The molecule has 0 saturated heterocycles. The van der Waals surface area contributed by atoms with Crippen molar-refractivity contribution in [1.82, 2.24) is 0 Å². The lowest BCUT2D eigenvalue weighted by atomic mass is 9.99. The minimum absolute atomic E-state index is 0.319. The standard InChI is InChI=1S/C19H31P/c1-3-11-18(12-4-1)20(19-13-5-2-6-14-19)16-15-17-9-7-8-10-17/h7-10,17-19H,1-6,11-16H2. The molecule has 20 heavy (non-hydrogen) atoms.